The number of imidazole rings is 1. The molecule has 23 heavy (non-hydrogen) atoms. The third-order valence-electron chi connectivity index (χ3n) is 4.09. The molecule has 4 rings (SSSR count). The minimum Gasteiger partial charge on any atom is -0.393 e. The average molecular weight is 330 g/mol. The van der Waals surface area contributed by atoms with Crippen LogP contribution in [0.3, 0.4) is 0 Å². The predicted octanol–water partition coefficient (Wildman–Crippen LogP) is 2.63. The van der Waals surface area contributed by atoms with Crippen LogP contribution in [-0.2, 0) is 0 Å². The SMILES string of the molecule is OC1CCN(c2ncc(Cl)c(-c3nc4ccccc4[nH]3)n2)CC1. The molecule has 0 saturated carbocycles. The van der Waals surface area contributed by atoms with E-state index in [1.54, 1.807) is 6.20 Å². The molecule has 2 N–H and O–H groups in total. The summed E-state index contributed by atoms with van der Waals surface area (Å²) in [5, 5.41) is 10.1. The number of hydrogen-bond acceptors (Lipinski definition) is 5. The molecular weight excluding hydrogens is 314 g/mol. The fraction of sp³-hybridized carbons (Fsp3) is 0.312. The second-order valence-electron chi connectivity index (χ2n) is 5.69. The summed E-state index contributed by atoms with van der Waals surface area (Å²) < 4.78 is 0. The van der Waals surface area contributed by atoms with E-state index in [9.17, 15) is 5.11 Å². The van der Waals surface area contributed by atoms with Gasteiger partial charge in [0.1, 0.15) is 5.69 Å². The summed E-state index contributed by atoms with van der Waals surface area (Å²) in [5.41, 5.74) is 2.42. The number of piperidine rings is 1. The van der Waals surface area contributed by atoms with E-state index in [1.165, 1.54) is 0 Å². The molecule has 0 aliphatic carbocycles. The number of fused-ring (bicyclic) bond motifs is 1. The maximum absolute atomic E-state index is 9.63. The van der Waals surface area contributed by atoms with Crippen LogP contribution >= 0.6 is 11.6 Å². The van der Waals surface area contributed by atoms with Crippen molar-refractivity contribution < 1.29 is 5.11 Å². The van der Waals surface area contributed by atoms with Crippen molar-refractivity contribution in [3.05, 3.63) is 35.5 Å². The van der Waals surface area contributed by atoms with Crippen molar-refractivity contribution >= 4 is 28.6 Å². The Morgan fingerprint density at radius 1 is 1.17 bits per heavy atom. The van der Waals surface area contributed by atoms with Crippen LogP contribution in [0.1, 0.15) is 12.8 Å². The lowest BCUT2D eigenvalue weighted by molar-refractivity contribution is 0.145. The van der Waals surface area contributed by atoms with Crippen molar-refractivity contribution in [3.8, 4) is 11.5 Å². The molecule has 0 bridgehead atoms. The van der Waals surface area contributed by atoms with E-state index < -0.39 is 0 Å². The molecule has 1 aliphatic heterocycles. The monoisotopic (exact) mass is 329 g/mol. The molecule has 1 fully saturated rings. The molecule has 0 spiro atoms. The predicted molar refractivity (Wildman–Crippen MR) is 89.6 cm³/mol. The van der Waals surface area contributed by atoms with Crippen molar-refractivity contribution in [3.63, 3.8) is 0 Å². The van der Waals surface area contributed by atoms with Gasteiger partial charge >= 0.3 is 0 Å². The highest BCUT2D eigenvalue weighted by Gasteiger charge is 2.21. The number of hydrogen-bond donors (Lipinski definition) is 2. The number of aromatic nitrogens is 4. The summed E-state index contributed by atoms with van der Waals surface area (Å²) in [7, 11) is 0. The smallest absolute Gasteiger partial charge is 0.226 e. The standard InChI is InChI=1S/C16H16ClN5O/c17-11-9-18-16(22-7-5-10(23)6-8-22)21-14(11)15-19-12-3-1-2-4-13(12)20-15/h1-4,9-10,23H,5-8H2,(H,19,20). The Balaban J connectivity index is 1.71. The molecule has 2 aromatic heterocycles. The highest BCUT2D eigenvalue weighted by Crippen LogP contribution is 2.27. The maximum atomic E-state index is 9.63. The number of nitrogens with zero attached hydrogens (tertiary/aromatic N) is 4. The third kappa shape index (κ3) is 2.75. The summed E-state index contributed by atoms with van der Waals surface area (Å²) in [6.45, 7) is 1.48. The van der Waals surface area contributed by atoms with Crippen molar-refractivity contribution in [1.82, 2.24) is 19.9 Å². The second-order valence-corrected chi connectivity index (χ2v) is 6.09. The van der Waals surface area contributed by atoms with Gasteiger partial charge in [-0.25, -0.2) is 15.0 Å². The molecule has 3 heterocycles. The van der Waals surface area contributed by atoms with Crippen molar-refractivity contribution in [2.75, 3.05) is 18.0 Å². The first-order valence-corrected chi connectivity index (χ1v) is 7.99. The van der Waals surface area contributed by atoms with Gasteiger partial charge in [0.25, 0.3) is 0 Å². The van der Waals surface area contributed by atoms with Gasteiger partial charge in [0, 0.05) is 13.1 Å². The van der Waals surface area contributed by atoms with Crippen LogP contribution in [0, 0.1) is 0 Å². The Morgan fingerprint density at radius 3 is 2.74 bits per heavy atom. The zero-order valence-corrected chi connectivity index (χ0v) is 13.2. The lowest BCUT2D eigenvalue weighted by Crippen LogP contribution is -2.36. The quantitative estimate of drug-likeness (QED) is 0.755. The number of aromatic amines is 1. The third-order valence-corrected chi connectivity index (χ3v) is 4.37. The van der Waals surface area contributed by atoms with Gasteiger partial charge in [-0.05, 0) is 25.0 Å². The number of rotatable bonds is 2. The van der Waals surface area contributed by atoms with E-state index in [0.717, 1.165) is 37.0 Å². The van der Waals surface area contributed by atoms with Gasteiger partial charge < -0.3 is 15.0 Å². The normalized spacial score (nSPS) is 16.2. The first kappa shape index (κ1) is 14.4. The summed E-state index contributed by atoms with van der Waals surface area (Å²) >= 11 is 6.28. The van der Waals surface area contributed by atoms with Gasteiger partial charge in [-0.1, -0.05) is 23.7 Å². The van der Waals surface area contributed by atoms with E-state index in [0.29, 0.717) is 22.5 Å². The van der Waals surface area contributed by atoms with Gasteiger partial charge in [0.15, 0.2) is 5.82 Å². The first-order valence-electron chi connectivity index (χ1n) is 7.61. The molecule has 3 aromatic rings. The van der Waals surface area contributed by atoms with Gasteiger partial charge in [-0.3, -0.25) is 0 Å². The number of H-pyrrole nitrogens is 1. The molecule has 6 nitrogen and oxygen atoms in total. The van der Waals surface area contributed by atoms with E-state index in [1.807, 2.05) is 24.3 Å². The van der Waals surface area contributed by atoms with Crippen molar-refractivity contribution in [2.45, 2.75) is 18.9 Å². The molecule has 0 unspecified atom stereocenters. The highest BCUT2D eigenvalue weighted by molar-refractivity contribution is 6.32. The number of nitrogens with one attached hydrogen (secondary N) is 1. The van der Waals surface area contributed by atoms with E-state index in [-0.39, 0.29) is 6.10 Å². The number of aliphatic hydroxyl groups excluding tert-OH is 1. The molecular formula is C16H16ClN5O. The molecule has 0 atom stereocenters. The van der Waals surface area contributed by atoms with Gasteiger partial charge in [0.2, 0.25) is 5.95 Å². The largest absolute Gasteiger partial charge is 0.393 e. The number of halogens is 1. The van der Waals surface area contributed by atoms with Crippen LogP contribution in [0.4, 0.5) is 5.95 Å². The maximum Gasteiger partial charge on any atom is 0.226 e. The van der Waals surface area contributed by atoms with Gasteiger partial charge in [0.05, 0.1) is 28.4 Å². The molecule has 1 aliphatic rings. The van der Waals surface area contributed by atoms with Gasteiger partial charge in [-0.2, -0.15) is 0 Å². The lowest BCUT2D eigenvalue weighted by atomic mass is 10.1. The van der Waals surface area contributed by atoms with Crippen LogP contribution < -0.4 is 4.90 Å². The van der Waals surface area contributed by atoms with Crippen LogP contribution in [0.5, 0.6) is 0 Å². The van der Waals surface area contributed by atoms with Crippen molar-refractivity contribution in [2.24, 2.45) is 0 Å². The summed E-state index contributed by atoms with van der Waals surface area (Å²) in [4.78, 5) is 18.8. The molecule has 7 heteroatoms. The molecule has 0 radical (unpaired) electrons. The van der Waals surface area contributed by atoms with Gasteiger partial charge in [-0.15, -0.1) is 0 Å². The summed E-state index contributed by atoms with van der Waals surface area (Å²) in [6.07, 6.45) is 2.84. The Labute approximate surface area is 138 Å². The first-order chi connectivity index (χ1) is 11.2. The van der Waals surface area contributed by atoms with E-state index >= 15 is 0 Å². The molecule has 118 valence electrons. The number of para-hydroxylation sites is 2. The van der Waals surface area contributed by atoms with E-state index in [4.69, 9.17) is 11.6 Å². The van der Waals surface area contributed by atoms with Crippen LogP contribution in [0.15, 0.2) is 30.5 Å². The Hall–Kier alpha value is -2.18. The fourth-order valence-electron chi connectivity index (χ4n) is 2.81. The molecule has 0 amide bonds. The Morgan fingerprint density at radius 2 is 1.96 bits per heavy atom. The Kier molecular flexibility index (Phi) is 3.63. The number of aliphatic hydroxyl groups is 1. The van der Waals surface area contributed by atoms with Crippen LogP contribution in [0.2, 0.25) is 5.02 Å². The highest BCUT2D eigenvalue weighted by atomic mass is 35.5. The average Bonchev–Trinajstić information content (AvgIpc) is 3.00. The second kappa shape index (κ2) is 5.79. The number of benzene rings is 1. The fourth-order valence-corrected chi connectivity index (χ4v) is 2.99. The zero-order valence-electron chi connectivity index (χ0n) is 12.4. The van der Waals surface area contributed by atoms with Crippen LogP contribution in [-0.4, -0.2) is 44.2 Å². The lowest BCUT2D eigenvalue weighted by Gasteiger charge is -2.29. The van der Waals surface area contributed by atoms with Crippen LogP contribution in [0.25, 0.3) is 22.6 Å². The topological polar surface area (TPSA) is 77.9 Å². The Bertz CT molecular complexity index is 808. The number of anilines is 1. The van der Waals surface area contributed by atoms with Crippen molar-refractivity contribution in [1.29, 1.82) is 0 Å². The minimum absolute atomic E-state index is 0.228. The zero-order chi connectivity index (χ0) is 15.8. The molecule has 1 aromatic carbocycles. The van der Waals surface area contributed by atoms with E-state index in [2.05, 4.69) is 24.8 Å². The minimum atomic E-state index is -0.228. The summed E-state index contributed by atoms with van der Waals surface area (Å²) in [5.74, 6) is 1.26. The molecule has 1 saturated heterocycles. The summed E-state index contributed by atoms with van der Waals surface area (Å²) in [6, 6.07) is 7.81.